The number of esters is 1. The lowest BCUT2D eigenvalue weighted by atomic mass is 9.95. The molecule has 1 aliphatic rings. The summed E-state index contributed by atoms with van der Waals surface area (Å²) >= 11 is 0. The van der Waals surface area contributed by atoms with Gasteiger partial charge in [0.05, 0.1) is 6.61 Å². The molecule has 1 heterocycles. The van der Waals surface area contributed by atoms with Crippen molar-refractivity contribution in [3.05, 3.63) is 28.8 Å². The van der Waals surface area contributed by atoms with E-state index in [9.17, 15) is 9.59 Å². The highest BCUT2D eigenvalue weighted by Gasteiger charge is 2.27. The Labute approximate surface area is 149 Å². The van der Waals surface area contributed by atoms with Crippen LogP contribution in [0.4, 0.5) is 10.5 Å². The van der Waals surface area contributed by atoms with Gasteiger partial charge < -0.3 is 19.7 Å². The van der Waals surface area contributed by atoms with Crippen molar-refractivity contribution >= 4 is 17.7 Å². The number of nitrogens with zero attached hydrogens (tertiary/aromatic N) is 1. The van der Waals surface area contributed by atoms with Crippen LogP contribution in [0.1, 0.15) is 44.4 Å². The Balaban J connectivity index is 2.12. The van der Waals surface area contributed by atoms with E-state index in [0.29, 0.717) is 19.7 Å². The van der Waals surface area contributed by atoms with Gasteiger partial charge in [-0.3, -0.25) is 4.79 Å². The summed E-state index contributed by atoms with van der Waals surface area (Å²) in [6.45, 7) is 11.0. The maximum atomic E-state index is 12.3. The van der Waals surface area contributed by atoms with E-state index < -0.39 is 5.60 Å². The number of amides is 1. The van der Waals surface area contributed by atoms with Crippen LogP contribution >= 0.6 is 0 Å². The summed E-state index contributed by atoms with van der Waals surface area (Å²) in [5.74, 6) is -0.273. The zero-order valence-electron chi connectivity index (χ0n) is 15.8. The molecule has 0 saturated heterocycles. The number of hydrogen-bond donors (Lipinski definition) is 1. The van der Waals surface area contributed by atoms with Crippen molar-refractivity contribution in [2.45, 2.75) is 53.2 Å². The van der Waals surface area contributed by atoms with Crippen LogP contribution in [0.15, 0.2) is 12.1 Å². The Bertz CT molecular complexity index is 650. The minimum absolute atomic E-state index is 0.140. The molecule has 1 aromatic carbocycles. The largest absolute Gasteiger partial charge is 0.465 e. The normalized spacial score (nSPS) is 13.9. The fraction of sp³-hybridized carbons (Fsp3) is 0.579. The first-order valence-electron chi connectivity index (χ1n) is 8.70. The van der Waals surface area contributed by atoms with Gasteiger partial charge in [-0.15, -0.1) is 0 Å². The standard InChI is InChI=1S/C19H28N2O4/c1-6-24-16(22)11-20-17-13(2)7-8-14-12-21(10-9-15(14)17)18(23)25-19(3,4)5/h7-8,20H,6,9-12H2,1-5H3. The number of benzene rings is 1. The molecule has 138 valence electrons. The van der Waals surface area contributed by atoms with Crippen molar-refractivity contribution < 1.29 is 19.1 Å². The van der Waals surface area contributed by atoms with E-state index in [2.05, 4.69) is 5.32 Å². The molecule has 6 heteroatoms. The van der Waals surface area contributed by atoms with Gasteiger partial charge in [-0.25, -0.2) is 4.79 Å². The molecule has 0 saturated carbocycles. The summed E-state index contributed by atoms with van der Waals surface area (Å²) in [7, 11) is 0. The lowest BCUT2D eigenvalue weighted by molar-refractivity contribution is -0.140. The zero-order valence-corrected chi connectivity index (χ0v) is 15.8. The monoisotopic (exact) mass is 348 g/mol. The van der Waals surface area contributed by atoms with Crippen molar-refractivity contribution in [2.24, 2.45) is 0 Å². The number of fused-ring (bicyclic) bond motifs is 1. The van der Waals surface area contributed by atoms with Gasteiger partial charge >= 0.3 is 12.1 Å². The van der Waals surface area contributed by atoms with Gasteiger partial charge in [-0.1, -0.05) is 12.1 Å². The molecule has 6 nitrogen and oxygen atoms in total. The van der Waals surface area contributed by atoms with Crippen LogP contribution in [0.25, 0.3) is 0 Å². The molecule has 25 heavy (non-hydrogen) atoms. The van der Waals surface area contributed by atoms with Crippen LogP contribution in [-0.2, 0) is 27.2 Å². The van der Waals surface area contributed by atoms with E-state index in [0.717, 1.165) is 28.8 Å². The highest BCUT2D eigenvalue weighted by Crippen LogP contribution is 2.30. The molecule has 0 unspecified atom stereocenters. The quantitative estimate of drug-likeness (QED) is 0.846. The minimum Gasteiger partial charge on any atom is -0.465 e. The molecule has 0 radical (unpaired) electrons. The number of anilines is 1. The Morgan fingerprint density at radius 2 is 2.00 bits per heavy atom. The third-order valence-electron chi connectivity index (χ3n) is 3.98. The van der Waals surface area contributed by atoms with E-state index in [4.69, 9.17) is 9.47 Å². The molecular formula is C19H28N2O4. The van der Waals surface area contributed by atoms with Crippen LogP contribution in [0, 0.1) is 6.92 Å². The Hall–Kier alpha value is -2.24. The molecule has 1 aromatic rings. The molecule has 0 aromatic heterocycles. The van der Waals surface area contributed by atoms with E-state index >= 15 is 0 Å². The maximum absolute atomic E-state index is 12.3. The average Bonchev–Trinajstić information content (AvgIpc) is 2.52. The topological polar surface area (TPSA) is 67.9 Å². The number of nitrogens with one attached hydrogen (secondary N) is 1. The van der Waals surface area contributed by atoms with Gasteiger partial charge in [-0.2, -0.15) is 0 Å². The minimum atomic E-state index is -0.503. The highest BCUT2D eigenvalue weighted by molar-refractivity contribution is 5.76. The number of carbonyl (C=O) groups is 2. The van der Waals surface area contributed by atoms with Crippen LogP contribution in [0.5, 0.6) is 0 Å². The maximum Gasteiger partial charge on any atom is 0.410 e. The predicted octanol–water partition coefficient (Wildman–Crippen LogP) is 3.26. The lowest BCUT2D eigenvalue weighted by Crippen LogP contribution is -2.40. The first-order valence-corrected chi connectivity index (χ1v) is 8.70. The summed E-state index contributed by atoms with van der Waals surface area (Å²) in [5, 5.41) is 3.20. The molecule has 0 spiro atoms. The molecule has 0 fully saturated rings. The SMILES string of the molecule is CCOC(=O)CNc1c(C)ccc2c1CCN(C(=O)OC(C)(C)C)C2. The summed E-state index contributed by atoms with van der Waals surface area (Å²) in [6, 6.07) is 4.04. The second-order valence-corrected chi connectivity index (χ2v) is 7.21. The molecule has 1 amide bonds. The summed E-state index contributed by atoms with van der Waals surface area (Å²) in [5.41, 5.74) is 3.78. The van der Waals surface area contributed by atoms with Crippen molar-refractivity contribution in [1.29, 1.82) is 0 Å². The second-order valence-electron chi connectivity index (χ2n) is 7.21. The second kappa shape index (κ2) is 7.76. The fourth-order valence-electron chi connectivity index (χ4n) is 2.87. The van der Waals surface area contributed by atoms with E-state index in [-0.39, 0.29) is 18.6 Å². The van der Waals surface area contributed by atoms with Crippen LogP contribution < -0.4 is 5.32 Å². The molecular weight excluding hydrogens is 320 g/mol. The number of rotatable bonds is 4. The predicted molar refractivity (Wildman–Crippen MR) is 96.6 cm³/mol. The van der Waals surface area contributed by atoms with Gasteiger partial charge in [0.1, 0.15) is 12.1 Å². The third kappa shape index (κ3) is 5.11. The first-order chi connectivity index (χ1) is 11.7. The van der Waals surface area contributed by atoms with Gasteiger partial charge in [0.25, 0.3) is 0 Å². The number of aryl methyl sites for hydroxylation is 1. The van der Waals surface area contributed by atoms with E-state index in [1.165, 1.54) is 0 Å². The summed E-state index contributed by atoms with van der Waals surface area (Å²) in [6.07, 6.45) is 0.432. The van der Waals surface area contributed by atoms with Crippen molar-refractivity contribution in [3.8, 4) is 0 Å². The van der Waals surface area contributed by atoms with Gasteiger partial charge in [0.15, 0.2) is 0 Å². The molecule has 1 N–H and O–H groups in total. The smallest absolute Gasteiger partial charge is 0.410 e. The Kier molecular flexibility index (Phi) is 5.93. The molecule has 0 bridgehead atoms. The van der Waals surface area contributed by atoms with Crippen molar-refractivity contribution in [1.82, 2.24) is 4.90 Å². The van der Waals surface area contributed by atoms with Crippen LogP contribution in [0.2, 0.25) is 0 Å². The molecule has 2 rings (SSSR count). The molecule has 1 aliphatic heterocycles. The summed E-state index contributed by atoms with van der Waals surface area (Å²) in [4.78, 5) is 25.6. The molecule has 0 atom stereocenters. The van der Waals surface area contributed by atoms with Crippen molar-refractivity contribution in [2.75, 3.05) is 25.0 Å². The fourth-order valence-corrected chi connectivity index (χ4v) is 2.87. The van der Waals surface area contributed by atoms with Gasteiger partial charge in [0.2, 0.25) is 0 Å². The first kappa shape index (κ1) is 19.1. The lowest BCUT2D eigenvalue weighted by Gasteiger charge is -2.32. The Morgan fingerprint density at radius 1 is 1.28 bits per heavy atom. The number of hydrogen-bond acceptors (Lipinski definition) is 5. The van der Waals surface area contributed by atoms with E-state index in [1.807, 2.05) is 39.8 Å². The Morgan fingerprint density at radius 3 is 2.64 bits per heavy atom. The van der Waals surface area contributed by atoms with Crippen LogP contribution in [-0.4, -0.2) is 42.3 Å². The van der Waals surface area contributed by atoms with Gasteiger partial charge in [0, 0.05) is 18.8 Å². The van der Waals surface area contributed by atoms with Gasteiger partial charge in [-0.05, 0) is 57.7 Å². The van der Waals surface area contributed by atoms with Crippen LogP contribution in [0.3, 0.4) is 0 Å². The van der Waals surface area contributed by atoms with E-state index in [1.54, 1.807) is 11.8 Å². The number of carbonyl (C=O) groups excluding carboxylic acids is 2. The number of ether oxygens (including phenoxy) is 2. The molecule has 0 aliphatic carbocycles. The highest BCUT2D eigenvalue weighted by atomic mass is 16.6. The average molecular weight is 348 g/mol. The van der Waals surface area contributed by atoms with Crippen molar-refractivity contribution in [3.63, 3.8) is 0 Å². The third-order valence-corrected chi connectivity index (χ3v) is 3.98. The zero-order chi connectivity index (χ0) is 18.6. The summed E-state index contributed by atoms with van der Waals surface area (Å²) < 4.78 is 10.4.